The van der Waals surface area contributed by atoms with Gasteiger partial charge in [0.25, 0.3) is 10.0 Å². The molecule has 3 aromatic carbocycles. The zero-order valence-electron chi connectivity index (χ0n) is 24.5. The zero-order valence-corrected chi connectivity index (χ0v) is 25.3. The molecule has 2 amide bonds. The molecule has 3 rings (SSSR count). The summed E-state index contributed by atoms with van der Waals surface area (Å²) < 4.78 is 39.3. The molecule has 0 aliphatic rings. The van der Waals surface area contributed by atoms with Gasteiger partial charge in [-0.05, 0) is 73.9 Å². The van der Waals surface area contributed by atoms with Gasteiger partial charge >= 0.3 is 0 Å². The van der Waals surface area contributed by atoms with E-state index in [1.807, 2.05) is 32.9 Å². The molecule has 9 nitrogen and oxygen atoms in total. The summed E-state index contributed by atoms with van der Waals surface area (Å²) in [5.41, 5.74) is 1.96. The Kier molecular flexibility index (Phi) is 10.8. The van der Waals surface area contributed by atoms with Crippen molar-refractivity contribution in [1.29, 1.82) is 0 Å². The van der Waals surface area contributed by atoms with Crippen LogP contribution in [-0.2, 0) is 26.2 Å². The van der Waals surface area contributed by atoms with E-state index in [2.05, 4.69) is 5.32 Å². The van der Waals surface area contributed by atoms with Crippen LogP contribution in [0.2, 0.25) is 0 Å². The molecule has 10 heteroatoms. The van der Waals surface area contributed by atoms with Crippen molar-refractivity contribution in [3.05, 3.63) is 83.9 Å². The highest BCUT2D eigenvalue weighted by molar-refractivity contribution is 7.92. The van der Waals surface area contributed by atoms with Crippen molar-refractivity contribution in [2.45, 2.75) is 45.2 Å². The van der Waals surface area contributed by atoms with Gasteiger partial charge in [0.1, 0.15) is 24.1 Å². The summed E-state index contributed by atoms with van der Waals surface area (Å²) in [5.74, 6) is 0.577. The molecule has 0 saturated carbocycles. The quantitative estimate of drug-likeness (QED) is 0.321. The molecule has 0 aromatic heterocycles. The van der Waals surface area contributed by atoms with Gasteiger partial charge in [-0.1, -0.05) is 43.7 Å². The average molecular weight is 582 g/mol. The molecule has 0 unspecified atom stereocenters. The largest absolute Gasteiger partial charge is 0.497 e. The fourth-order valence-electron chi connectivity index (χ4n) is 4.08. The number of aryl methyl sites for hydroxylation is 1. The first-order valence-electron chi connectivity index (χ1n) is 13.4. The Morgan fingerprint density at radius 1 is 0.829 bits per heavy atom. The van der Waals surface area contributed by atoms with Crippen LogP contribution in [0.1, 0.15) is 31.9 Å². The number of hydrogen-bond donors (Lipinski definition) is 1. The predicted octanol–water partition coefficient (Wildman–Crippen LogP) is 4.40. The van der Waals surface area contributed by atoms with Gasteiger partial charge in [-0.2, -0.15) is 0 Å². The smallest absolute Gasteiger partial charge is 0.264 e. The van der Waals surface area contributed by atoms with E-state index in [0.717, 1.165) is 15.4 Å². The van der Waals surface area contributed by atoms with Crippen LogP contribution >= 0.6 is 0 Å². The highest BCUT2D eigenvalue weighted by Crippen LogP contribution is 2.27. The molecular formula is C31H39N3O6S. The third-order valence-electron chi connectivity index (χ3n) is 6.61. The highest BCUT2D eigenvalue weighted by Gasteiger charge is 2.32. The fourth-order valence-corrected chi connectivity index (χ4v) is 5.49. The molecule has 0 aliphatic heterocycles. The standard InChI is InChI=1S/C31H39N3O6S/c1-22(2)19-32-31(36)24(4)33(20-25-9-13-27(39-5)14-10-25)30(35)21-34(26-11-15-28(40-6)16-12-26)41(37,38)29-17-7-23(3)8-18-29/h7-18,22,24H,19-21H2,1-6H3,(H,32,36)/t24-/m1/s1. The van der Waals surface area contributed by atoms with Crippen LogP contribution in [0, 0.1) is 12.8 Å². The lowest BCUT2D eigenvalue weighted by atomic mass is 10.1. The minimum Gasteiger partial charge on any atom is -0.497 e. The summed E-state index contributed by atoms with van der Waals surface area (Å²) in [6.07, 6.45) is 0. The number of nitrogens with one attached hydrogen (secondary N) is 1. The second-order valence-corrected chi connectivity index (χ2v) is 12.1. The minimum absolute atomic E-state index is 0.0520. The number of sulfonamides is 1. The maximum atomic E-state index is 14.0. The summed E-state index contributed by atoms with van der Waals surface area (Å²) in [4.78, 5) is 28.5. The van der Waals surface area contributed by atoms with E-state index in [4.69, 9.17) is 9.47 Å². The van der Waals surface area contributed by atoms with Gasteiger partial charge in [0.05, 0.1) is 24.8 Å². The molecule has 0 spiro atoms. The van der Waals surface area contributed by atoms with Crippen molar-refractivity contribution in [2.24, 2.45) is 5.92 Å². The average Bonchev–Trinajstić information content (AvgIpc) is 2.97. The number of nitrogens with zero attached hydrogens (tertiary/aromatic N) is 2. The number of benzene rings is 3. The Morgan fingerprint density at radius 3 is 1.88 bits per heavy atom. The molecule has 1 N–H and O–H groups in total. The van der Waals surface area contributed by atoms with Crippen molar-refractivity contribution in [3.63, 3.8) is 0 Å². The summed E-state index contributed by atoms with van der Waals surface area (Å²) in [6.45, 7) is 7.50. The molecule has 1 atom stereocenters. The molecule has 0 heterocycles. The lowest BCUT2D eigenvalue weighted by Gasteiger charge is -2.32. The molecule has 0 radical (unpaired) electrons. The van der Waals surface area contributed by atoms with Gasteiger partial charge in [-0.15, -0.1) is 0 Å². The number of amides is 2. The van der Waals surface area contributed by atoms with Crippen LogP contribution in [0.15, 0.2) is 77.7 Å². The van der Waals surface area contributed by atoms with Crippen molar-refractivity contribution in [3.8, 4) is 11.5 Å². The predicted molar refractivity (Wildman–Crippen MR) is 160 cm³/mol. The van der Waals surface area contributed by atoms with E-state index < -0.39 is 28.5 Å². The first kappa shape index (κ1) is 31.5. The third kappa shape index (κ3) is 8.23. The zero-order chi connectivity index (χ0) is 30.2. The molecule has 0 fully saturated rings. The summed E-state index contributed by atoms with van der Waals surface area (Å²) in [7, 11) is -1.06. The number of anilines is 1. The van der Waals surface area contributed by atoms with E-state index in [-0.39, 0.29) is 23.3 Å². The van der Waals surface area contributed by atoms with Crippen molar-refractivity contribution in [1.82, 2.24) is 10.2 Å². The molecule has 41 heavy (non-hydrogen) atoms. The molecule has 0 saturated heterocycles. The fraction of sp³-hybridized carbons (Fsp3) is 0.355. The molecule has 220 valence electrons. The van der Waals surface area contributed by atoms with Gasteiger partial charge in [0.2, 0.25) is 11.8 Å². The second-order valence-electron chi connectivity index (χ2n) is 10.2. The van der Waals surface area contributed by atoms with Gasteiger partial charge in [-0.25, -0.2) is 8.42 Å². The Labute approximate surface area is 243 Å². The summed E-state index contributed by atoms with van der Waals surface area (Å²) in [6, 6.07) is 19.2. The molecular weight excluding hydrogens is 542 g/mol. The SMILES string of the molecule is COc1ccc(CN(C(=O)CN(c2ccc(OC)cc2)S(=O)(=O)c2ccc(C)cc2)[C@H](C)C(=O)NCC(C)C)cc1. The van der Waals surface area contributed by atoms with Crippen molar-refractivity contribution >= 4 is 27.5 Å². The van der Waals surface area contributed by atoms with Crippen LogP contribution in [0.5, 0.6) is 11.5 Å². The normalized spacial score (nSPS) is 12.0. The highest BCUT2D eigenvalue weighted by atomic mass is 32.2. The molecule has 0 aliphatic carbocycles. The Hall–Kier alpha value is -4.05. The second kappa shape index (κ2) is 14.0. The van der Waals surface area contributed by atoms with Gasteiger partial charge in [0, 0.05) is 13.1 Å². The summed E-state index contributed by atoms with van der Waals surface area (Å²) >= 11 is 0. The van der Waals surface area contributed by atoms with Gasteiger partial charge in [-0.3, -0.25) is 13.9 Å². The lowest BCUT2D eigenvalue weighted by molar-refractivity contribution is -0.139. The molecule has 0 bridgehead atoms. The van der Waals surface area contributed by atoms with Crippen molar-refractivity contribution in [2.75, 3.05) is 31.6 Å². The number of methoxy groups -OCH3 is 2. The van der Waals surface area contributed by atoms with Crippen LogP contribution in [0.3, 0.4) is 0 Å². The van der Waals surface area contributed by atoms with Gasteiger partial charge < -0.3 is 19.7 Å². The van der Waals surface area contributed by atoms with Crippen molar-refractivity contribution < 1.29 is 27.5 Å². The number of carbonyl (C=O) groups excluding carboxylic acids is 2. The minimum atomic E-state index is -4.14. The van der Waals surface area contributed by atoms with Crippen LogP contribution in [0.4, 0.5) is 5.69 Å². The topological polar surface area (TPSA) is 105 Å². The number of rotatable bonds is 13. The molecule has 3 aromatic rings. The maximum absolute atomic E-state index is 14.0. The monoisotopic (exact) mass is 581 g/mol. The summed E-state index contributed by atoms with van der Waals surface area (Å²) in [5, 5.41) is 2.88. The van der Waals surface area contributed by atoms with Crippen LogP contribution < -0.4 is 19.1 Å². The van der Waals surface area contributed by atoms with E-state index in [1.54, 1.807) is 62.6 Å². The van der Waals surface area contributed by atoms with E-state index >= 15 is 0 Å². The Balaban J connectivity index is 2.01. The first-order chi connectivity index (χ1) is 19.5. The van der Waals surface area contributed by atoms with E-state index in [0.29, 0.717) is 23.7 Å². The maximum Gasteiger partial charge on any atom is 0.264 e. The lowest BCUT2D eigenvalue weighted by Crippen LogP contribution is -2.51. The van der Waals surface area contributed by atoms with Gasteiger partial charge in [0.15, 0.2) is 0 Å². The van der Waals surface area contributed by atoms with E-state index in [1.165, 1.54) is 24.1 Å². The Morgan fingerprint density at radius 2 is 1.37 bits per heavy atom. The van der Waals surface area contributed by atoms with Crippen LogP contribution in [0.25, 0.3) is 0 Å². The van der Waals surface area contributed by atoms with E-state index in [9.17, 15) is 18.0 Å². The number of hydrogen-bond acceptors (Lipinski definition) is 6. The third-order valence-corrected chi connectivity index (χ3v) is 8.40. The number of carbonyl (C=O) groups is 2. The Bertz CT molecular complexity index is 1410. The van der Waals surface area contributed by atoms with Crippen LogP contribution in [-0.4, -0.2) is 58.5 Å². The first-order valence-corrected chi connectivity index (χ1v) is 14.8. The number of ether oxygens (including phenoxy) is 2.